The van der Waals surface area contributed by atoms with Gasteiger partial charge in [0.1, 0.15) is 5.92 Å². The number of rotatable bonds is 4. The Morgan fingerprint density at radius 2 is 2.20 bits per heavy atom. The molecule has 114 valence electrons. The number of likely N-dealkylation sites (N-methyl/N-ethyl adjacent to an activating group) is 2. The molecule has 2 rings (SSSR count). The zero-order valence-electron chi connectivity index (χ0n) is 12.0. The van der Waals surface area contributed by atoms with Gasteiger partial charge in [-0.3, -0.25) is 4.79 Å². The minimum Gasteiger partial charge on any atom is -0.481 e. The van der Waals surface area contributed by atoms with Crippen molar-refractivity contribution in [3.05, 3.63) is 0 Å². The van der Waals surface area contributed by atoms with Crippen molar-refractivity contribution in [2.75, 3.05) is 40.4 Å². The molecule has 2 N–H and O–H groups in total. The Hall–Kier alpha value is -1.34. The lowest BCUT2D eigenvalue weighted by atomic mass is 10.0. The second-order valence-electron chi connectivity index (χ2n) is 5.70. The Kier molecular flexibility index (Phi) is 4.82. The first-order chi connectivity index (χ1) is 9.49. The normalized spacial score (nSPS) is 30.4. The predicted molar refractivity (Wildman–Crippen MR) is 72.5 cm³/mol. The Morgan fingerprint density at radius 3 is 2.80 bits per heavy atom. The summed E-state index contributed by atoms with van der Waals surface area (Å²) in [6, 6.07) is -0.281. The zero-order chi connectivity index (χ0) is 14.7. The molecule has 2 saturated heterocycles. The number of amides is 2. The van der Waals surface area contributed by atoms with E-state index in [4.69, 9.17) is 9.84 Å². The molecule has 2 amide bonds. The third kappa shape index (κ3) is 3.40. The molecule has 20 heavy (non-hydrogen) atoms. The lowest BCUT2D eigenvalue weighted by molar-refractivity contribution is -0.142. The van der Waals surface area contributed by atoms with Gasteiger partial charge < -0.3 is 25.0 Å². The van der Waals surface area contributed by atoms with Gasteiger partial charge in [0.2, 0.25) is 0 Å². The van der Waals surface area contributed by atoms with Gasteiger partial charge in [-0.15, -0.1) is 0 Å². The fraction of sp³-hybridized carbons (Fsp3) is 0.846. The summed E-state index contributed by atoms with van der Waals surface area (Å²) in [5, 5.41) is 11.8. The number of carbonyl (C=O) groups excluding carboxylic acids is 1. The maximum atomic E-state index is 12.1. The largest absolute Gasteiger partial charge is 0.481 e. The van der Waals surface area contributed by atoms with Crippen LogP contribution in [0.2, 0.25) is 0 Å². The molecule has 0 aromatic heterocycles. The molecule has 0 radical (unpaired) electrons. The molecule has 2 heterocycles. The molecule has 7 heteroatoms. The first-order valence-electron chi connectivity index (χ1n) is 7.01. The van der Waals surface area contributed by atoms with Crippen LogP contribution in [0.4, 0.5) is 4.79 Å². The number of hydrogen-bond acceptors (Lipinski definition) is 4. The van der Waals surface area contributed by atoms with Crippen LogP contribution in [0.25, 0.3) is 0 Å². The number of hydrogen-bond donors (Lipinski definition) is 2. The van der Waals surface area contributed by atoms with Gasteiger partial charge >= 0.3 is 12.0 Å². The van der Waals surface area contributed by atoms with Gasteiger partial charge in [-0.2, -0.15) is 0 Å². The summed E-state index contributed by atoms with van der Waals surface area (Å²) in [6.45, 7) is 2.15. The zero-order valence-corrected chi connectivity index (χ0v) is 12.0. The maximum Gasteiger partial charge on any atom is 0.317 e. The third-order valence-corrected chi connectivity index (χ3v) is 4.21. The number of ether oxygens (including phenoxy) is 1. The molecule has 3 atom stereocenters. The molecule has 0 aliphatic carbocycles. The number of carboxylic acids is 1. The number of carboxylic acid groups (broad SMARTS) is 1. The Balaban J connectivity index is 1.83. The van der Waals surface area contributed by atoms with Crippen LogP contribution in [0.5, 0.6) is 0 Å². The van der Waals surface area contributed by atoms with Gasteiger partial charge in [-0.05, 0) is 26.4 Å². The molecule has 7 nitrogen and oxygen atoms in total. The standard InChI is InChI=1S/C13H23N3O4/c1-15-5-3-4-9(15)6-16(2)13(19)14-11-8-20-7-10(11)12(17)18/h9-11H,3-8H2,1-2H3,(H,14,19)(H,17,18). The van der Waals surface area contributed by atoms with Gasteiger partial charge in [0.15, 0.2) is 0 Å². The van der Waals surface area contributed by atoms with Crippen LogP contribution in [0.3, 0.4) is 0 Å². The highest BCUT2D eigenvalue weighted by Gasteiger charge is 2.36. The lowest BCUT2D eigenvalue weighted by Gasteiger charge is -2.27. The van der Waals surface area contributed by atoms with E-state index in [0.29, 0.717) is 12.6 Å². The van der Waals surface area contributed by atoms with Crippen LogP contribution in [0.1, 0.15) is 12.8 Å². The lowest BCUT2D eigenvalue weighted by Crippen LogP contribution is -2.50. The second-order valence-corrected chi connectivity index (χ2v) is 5.70. The van der Waals surface area contributed by atoms with Crippen molar-refractivity contribution in [1.82, 2.24) is 15.1 Å². The number of urea groups is 1. The van der Waals surface area contributed by atoms with Crippen LogP contribution >= 0.6 is 0 Å². The smallest absolute Gasteiger partial charge is 0.317 e. The summed E-state index contributed by atoms with van der Waals surface area (Å²) in [4.78, 5) is 27.0. The molecule has 0 saturated carbocycles. The number of carbonyl (C=O) groups is 2. The SMILES string of the molecule is CN(CC1CCCN1C)C(=O)NC1COCC1C(=O)O. The van der Waals surface area contributed by atoms with E-state index in [1.807, 2.05) is 0 Å². The van der Waals surface area contributed by atoms with E-state index in [2.05, 4.69) is 17.3 Å². The van der Waals surface area contributed by atoms with Gasteiger partial charge in [0.25, 0.3) is 0 Å². The highest BCUT2D eigenvalue weighted by molar-refractivity contribution is 5.77. The van der Waals surface area contributed by atoms with Crippen LogP contribution in [0.15, 0.2) is 0 Å². The van der Waals surface area contributed by atoms with E-state index in [9.17, 15) is 9.59 Å². The molecule has 0 spiro atoms. The highest BCUT2D eigenvalue weighted by Crippen LogP contribution is 2.16. The Bertz CT molecular complexity index is 377. The summed E-state index contributed by atoms with van der Waals surface area (Å²) >= 11 is 0. The monoisotopic (exact) mass is 285 g/mol. The van der Waals surface area contributed by atoms with Gasteiger partial charge in [0, 0.05) is 19.6 Å². The van der Waals surface area contributed by atoms with Gasteiger partial charge in [-0.25, -0.2) is 4.79 Å². The number of aliphatic carboxylic acids is 1. The van der Waals surface area contributed by atoms with Crippen LogP contribution < -0.4 is 5.32 Å². The van der Waals surface area contributed by atoms with Gasteiger partial charge in [0.05, 0.1) is 19.3 Å². The molecule has 3 unspecified atom stereocenters. The molecular weight excluding hydrogens is 262 g/mol. The van der Waals surface area contributed by atoms with Crippen molar-refractivity contribution >= 4 is 12.0 Å². The van der Waals surface area contributed by atoms with Crippen LogP contribution in [-0.4, -0.2) is 79.4 Å². The number of likely N-dealkylation sites (tertiary alicyclic amines) is 1. The van der Waals surface area contributed by atoms with Crippen molar-refractivity contribution in [2.24, 2.45) is 5.92 Å². The summed E-state index contributed by atoms with van der Waals surface area (Å²) in [7, 11) is 3.81. The minimum atomic E-state index is -0.925. The maximum absolute atomic E-state index is 12.1. The van der Waals surface area contributed by atoms with Crippen LogP contribution in [0, 0.1) is 5.92 Å². The average Bonchev–Trinajstić information content (AvgIpc) is 2.99. The van der Waals surface area contributed by atoms with Gasteiger partial charge in [-0.1, -0.05) is 0 Å². The fourth-order valence-electron chi connectivity index (χ4n) is 2.82. The first-order valence-corrected chi connectivity index (χ1v) is 7.01. The topological polar surface area (TPSA) is 82.1 Å². The van der Waals surface area contributed by atoms with Crippen molar-refractivity contribution in [3.63, 3.8) is 0 Å². The van der Waals surface area contributed by atoms with E-state index in [1.165, 1.54) is 0 Å². The van der Waals surface area contributed by atoms with E-state index in [-0.39, 0.29) is 19.2 Å². The van der Waals surface area contributed by atoms with Crippen molar-refractivity contribution in [3.8, 4) is 0 Å². The van der Waals surface area contributed by atoms with E-state index in [0.717, 1.165) is 19.4 Å². The second kappa shape index (κ2) is 6.41. The quantitative estimate of drug-likeness (QED) is 0.749. The molecule has 2 aliphatic heterocycles. The molecule has 2 aliphatic rings. The Morgan fingerprint density at radius 1 is 1.45 bits per heavy atom. The highest BCUT2D eigenvalue weighted by atomic mass is 16.5. The molecule has 0 aromatic rings. The van der Waals surface area contributed by atoms with Crippen LogP contribution in [-0.2, 0) is 9.53 Å². The Labute approximate surface area is 118 Å². The molecular formula is C13H23N3O4. The summed E-state index contributed by atoms with van der Waals surface area (Å²) in [6.07, 6.45) is 2.26. The summed E-state index contributed by atoms with van der Waals surface area (Å²) in [5.41, 5.74) is 0. The van der Waals surface area contributed by atoms with Crippen molar-refractivity contribution < 1.29 is 19.4 Å². The average molecular weight is 285 g/mol. The van der Waals surface area contributed by atoms with Crippen molar-refractivity contribution in [2.45, 2.75) is 24.9 Å². The minimum absolute atomic E-state index is 0.162. The fourth-order valence-corrected chi connectivity index (χ4v) is 2.82. The van der Waals surface area contributed by atoms with Crippen molar-refractivity contribution in [1.29, 1.82) is 0 Å². The van der Waals surface area contributed by atoms with E-state index < -0.39 is 17.9 Å². The number of nitrogens with one attached hydrogen (secondary N) is 1. The summed E-state index contributed by atoms with van der Waals surface area (Å²) in [5.74, 6) is -1.58. The van der Waals surface area contributed by atoms with E-state index >= 15 is 0 Å². The molecule has 0 bridgehead atoms. The number of nitrogens with zero attached hydrogens (tertiary/aromatic N) is 2. The van der Waals surface area contributed by atoms with E-state index in [1.54, 1.807) is 11.9 Å². The third-order valence-electron chi connectivity index (χ3n) is 4.21. The molecule has 2 fully saturated rings. The first kappa shape index (κ1) is 15.1. The summed E-state index contributed by atoms with van der Waals surface area (Å²) < 4.78 is 5.14. The predicted octanol–water partition coefficient (Wildman–Crippen LogP) is -0.178. The molecule has 0 aromatic carbocycles.